The predicted molar refractivity (Wildman–Crippen MR) is 112 cm³/mol. The van der Waals surface area contributed by atoms with Crippen molar-refractivity contribution in [3.05, 3.63) is 83.2 Å². The van der Waals surface area contributed by atoms with E-state index in [4.69, 9.17) is 5.14 Å². The van der Waals surface area contributed by atoms with Crippen molar-refractivity contribution in [2.45, 2.75) is 17.5 Å². The summed E-state index contributed by atoms with van der Waals surface area (Å²) in [6, 6.07) is 11.9. The molecule has 0 radical (unpaired) electrons. The van der Waals surface area contributed by atoms with Crippen molar-refractivity contribution in [3.8, 4) is 23.1 Å². The van der Waals surface area contributed by atoms with Crippen LogP contribution in [0, 0.1) is 11.8 Å². The maximum atomic E-state index is 13.7. The van der Waals surface area contributed by atoms with Gasteiger partial charge in [-0.2, -0.15) is 18.3 Å². The van der Waals surface area contributed by atoms with Gasteiger partial charge in [0, 0.05) is 17.2 Å². The molecule has 0 aliphatic heterocycles. The summed E-state index contributed by atoms with van der Waals surface area (Å²) in [5.74, 6) is 5.30. The molecule has 2 aromatic carbocycles. The second kappa shape index (κ2) is 8.51. The number of hydrogen-bond acceptors (Lipinski definition) is 4. The maximum Gasteiger partial charge on any atom is 0.416 e. The van der Waals surface area contributed by atoms with E-state index in [1.807, 2.05) is 0 Å². The van der Waals surface area contributed by atoms with E-state index in [-0.39, 0.29) is 33.1 Å². The Balaban J connectivity index is 1.78. The Morgan fingerprint density at radius 3 is 2.38 bits per heavy atom. The number of halogens is 5. The SMILES string of the molecule is NS(=O)(=O)c1cccc(C#Cc2cc3nc(-c4cccc(C(F)(F)F)c4)cc(C(F)F)n3n2)c1. The minimum Gasteiger partial charge on any atom is -0.228 e. The minimum atomic E-state index is -4.61. The second-order valence-corrected chi connectivity index (χ2v) is 8.63. The molecule has 4 aromatic rings. The summed E-state index contributed by atoms with van der Waals surface area (Å²) < 4.78 is 90.4. The first-order chi connectivity index (χ1) is 15.9. The van der Waals surface area contributed by atoms with Crippen molar-refractivity contribution in [3.63, 3.8) is 0 Å². The molecule has 0 amide bonds. The summed E-state index contributed by atoms with van der Waals surface area (Å²) in [5, 5.41) is 9.08. The highest BCUT2D eigenvalue weighted by Gasteiger charge is 2.30. The molecular weight excluding hydrogens is 479 g/mol. The number of hydrogen-bond donors (Lipinski definition) is 1. The van der Waals surface area contributed by atoms with Gasteiger partial charge in [0.2, 0.25) is 10.0 Å². The van der Waals surface area contributed by atoms with Gasteiger partial charge < -0.3 is 0 Å². The number of nitrogens with zero attached hydrogens (tertiary/aromatic N) is 3. The molecule has 0 spiro atoms. The second-order valence-electron chi connectivity index (χ2n) is 7.07. The fraction of sp³-hybridized carbons (Fsp3) is 0.0909. The normalized spacial score (nSPS) is 12.1. The molecule has 2 heterocycles. The lowest BCUT2D eigenvalue weighted by molar-refractivity contribution is -0.137. The van der Waals surface area contributed by atoms with E-state index in [0.29, 0.717) is 0 Å². The van der Waals surface area contributed by atoms with Crippen LogP contribution in [-0.2, 0) is 16.2 Å². The summed E-state index contributed by atoms with van der Waals surface area (Å²) in [7, 11) is -3.94. The molecule has 0 bridgehead atoms. The van der Waals surface area contributed by atoms with Crippen molar-refractivity contribution in [2.75, 3.05) is 0 Å². The van der Waals surface area contributed by atoms with E-state index in [9.17, 15) is 30.4 Å². The van der Waals surface area contributed by atoms with E-state index in [2.05, 4.69) is 21.9 Å². The summed E-state index contributed by atoms with van der Waals surface area (Å²) in [5.41, 5.74) is -1.32. The van der Waals surface area contributed by atoms with Crippen molar-refractivity contribution < 1.29 is 30.4 Å². The first kappa shape index (κ1) is 23.3. The van der Waals surface area contributed by atoms with E-state index in [0.717, 1.165) is 28.8 Å². The van der Waals surface area contributed by atoms with Crippen LogP contribution in [0.4, 0.5) is 22.0 Å². The number of fused-ring (bicyclic) bond motifs is 1. The van der Waals surface area contributed by atoms with Gasteiger partial charge in [0.1, 0.15) is 11.4 Å². The zero-order valence-electron chi connectivity index (χ0n) is 16.9. The Bertz CT molecular complexity index is 1570. The smallest absolute Gasteiger partial charge is 0.228 e. The lowest BCUT2D eigenvalue weighted by atomic mass is 10.1. The first-order valence-electron chi connectivity index (χ1n) is 9.43. The van der Waals surface area contributed by atoms with Crippen LogP contribution in [0.2, 0.25) is 0 Å². The molecule has 0 saturated carbocycles. The number of primary sulfonamides is 1. The third-order valence-electron chi connectivity index (χ3n) is 4.66. The van der Waals surface area contributed by atoms with Gasteiger partial charge >= 0.3 is 6.18 Å². The summed E-state index contributed by atoms with van der Waals surface area (Å²) in [4.78, 5) is 4.02. The Morgan fingerprint density at radius 2 is 1.71 bits per heavy atom. The van der Waals surface area contributed by atoms with Crippen molar-refractivity contribution in [1.82, 2.24) is 14.6 Å². The van der Waals surface area contributed by atoms with Crippen LogP contribution in [0.15, 0.2) is 65.6 Å². The third kappa shape index (κ3) is 4.90. The van der Waals surface area contributed by atoms with Crippen LogP contribution in [-0.4, -0.2) is 23.0 Å². The van der Waals surface area contributed by atoms with Crippen molar-refractivity contribution in [1.29, 1.82) is 0 Å². The fourth-order valence-corrected chi connectivity index (χ4v) is 3.66. The quantitative estimate of drug-likeness (QED) is 0.339. The number of nitrogens with two attached hydrogens (primary N) is 1. The molecule has 0 saturated heterocycles. The first-order valence-corrected chi connectivity index (χ1v) is 11.0. The molecule has 4 rings (SSSR count). The number of rotatable bonds is 3. The maximum absolute atomic E-state index is 13.7. The highest BCUT2D eigenvalue weighted by atomic mass is 32.2. The molecule has 0 aliphatic carbocycles. The van der Waals surface area contributed by atoms with Crippen molar-refractivity contribution in [2.24, 2.45) is 5.14 Å². The zero-order valence-corrected chi connectivity index (χ0v) is 17.7. The van der Waals surface area contributed by atoms with Gasteiger partial charge in [-0.25, -0.2) is 31.8 Å². The Labute approximate surface area is 189 Å². The number of sulfonamides is 1. The largest absolute Gasteiger partial charge is 0.416 e. The van der Waals surface area contributed by atoms with Gasteiger partial charge in [-0.3, -0.25) is 0 Å². The average Bonchev–Trinajstić information content (AvgIpc) is 3.19. The molecule has 2 N–H and O–H groups in total. The van der Waals surface area contributed by atoms with Crippen LogP contribution >= 0.6 is 0 Å². The van der Waals surface area contributed by atoms with E-state index >= 15 is 0 Å². The van der Waals surface area contributed by atoms with Crippen LogP contribution in [0.3, 0.4) is 0 Å². The van der Waals surface area contributed by atoms with E-state index in [1.165, 1.54) is 36.4 Å². The molecular formula is C22H13F5N4O2S. The predicted octanol–water partition coefficient (Wildman–Crippen LogP) is 4.40. The highest BCUT2D eigenvalue weighted by Crippen LogP contribution is 2.33. The standard InChI is InChI=1S/C22H13F5N4O2S/c23-21(24)19-12-18(14-4-2-5-15(10-14)22(25,26)27)29-20-11-16(30-31(19)20)8-7-13-3-1-6-17(9-13)34(28,32)33/h1-6,9-12,21H,(H2,28,32,33). The molecule has 0 atom stereocenters. The number of aromatic nitrogens is 3. The van der Waals surface area contributed by atoms with Gasteiger partial charge in [0.15, 0.2) is 5.65 Å². The molecule has 12 heteroatoms. The van der Waals surface area contributed by atoms with Gasteiger partial charge in [-0.15, -0.1) is 0 Å². The van der Waals surface area contributed by atoms with Crippen molar-refractivity contribution >= 4 is 15.7 Å². The molecule has 0 aliphatic rings. The topological polar surface area (TPSA) is 90.4 Å². The monoisotopic (exact) mass is 492 g/mol. The summed E-state index contributed by atoms with van der Waals surface area (Å²) in [6.07, 6.45) is -7.60. The Hall–Kier alpha value is -3.82. The highest BCUT2D eigenvalue weighted by molar-refractivity contribution is 7.89. The average molecular weight is 492 g/mol. The summed E-state index contributed by atoms with van der Waals surface area (Å²) in [6.45, 7) is 0. The van der Waals surface area contributed by atoms with E-state index in [1.54, 1.807) is 0 Å². The van der Waals surface area contributed by atoms with Gasteiger partial charge in [0.05, 0.1) is 16.2 Å². The third-order valence-corrected chi connectivity index (χ3v) is 5.57. The molecule has 34 heavy (non-hydrogen) atoms. The van der Waals surface area contributed by atoms with Crippen LogP contribution in [0.25, 0.3) is 16.9 Å². The lowest BCUT2D eigenvalue weighted by Gasteiger charge is -2.10. The van der Waals surface area contributed by atoms with Crippen LogP contribution < -0.4 is 5.14 Å². The molecule has 0 unspecified atom stereocenters. The fourth-order valence-electron chi connectivity index (χ4n) is 3.10. The lowest BCUT2D eigenvalue weighted by Crippen LogP contribution is -2.11. The summed E-state index contributed by atoms with van der Waals surface area (Å²) >= 11 is 0. The van der Waals surface area contributed by atoms with Gasteiger partial charge in [-0.05, 0) is 42.3 Å². The molecule has 0 fully saturated rings. The Kier molecular flexibility index (Phi) is 5.84. The van der Waals surface area contributed by atoms with Crippen LogP contribution in [0.5, 0.6) is 0 Å². The Morgan fingerprint density at radius 1 is 0.971 bits per heavy atom. The molecule has 6 nitrogen and oxygen atoms in total. The number of alkyl halides is 5. The van der Waals surface area contributed by atoms with Crippen LogP contribution in [0.1, 0.15) is 28.9 Å². The van der Waals surface area contributed by atoms with Gasteiger partial charge in [-0.1, -0.05) is 24.1 Å². The van der Waals surface area contributed by atoms with E-state index < -0.39 is 33.9 Å². The molecule has 174 valence electrons. The zero-order chi connectivity index (χ0) is 24.7. The molecule has 2 aromatic heterocycles. The minimum absolute atomic E-state index is 0.00729. The van der Waals surface area contributed by atoms with Gasteiger partial charge in [0.25, 0.3) is 6.43 Å². The number of benzene rings is 2.